The van der Waals surface area contributed by atoms with Gasteiger partial charge >= 0.3 is 5.69 Å². The molecule has 150 valence electrons. The molecule has 0 aliphatic carbocycles. The van der Waals surface area contributed by atoms with Crippen molar-refractivity contribution in [3.8, 4) is 0 Å². The Morgan fingerprint density at radius 1 is 1.18 bits per heavy atom. The van der Waals surface area contributed by atoms with E-state index in [0.717, 1.165) is 30.5 Å². The number of carbonyl (C=O) groups excluding carboxylic acids is 1. The van der Waals surface area contributed by atoms with Crippen LogP contribution < -0.4 is 5.69 Å². The lowest BCUT2D eigenvalue weighted by Crippen LogP contribution is -2.45. The van der Waals surface area contributed by atoms with Gasteiger partial charge in [0.25, 0.3) is 0 Å². The molecule has 0 saturated carbocycles. The van der Waals surface area contributed by atoms with Gasteiger partial charge in [0.15, 0.2) is 0 Å². The van der Waals surface area contributed by atoms with Crippen LogP contribution >= 0.6 is 0 Å². The van der Waals surface area contributed by atoms with Crippen molar-refractivity contribution in [3.63, 3.8) is 0 Å². The third kappa shape index (κ3) is 3.22. The van der Waals surface area contributed by atoms with Crippen LogP contribution in [0.3, 0.4) is 0 Å². The Hall–Kier alpha value is -2.61. The second kappa shape index (κ2) is 7.43. The van der Waals surface area contributed by atoms with Crippen molar-refractivity contribution < 1.29 is 9.53 Å². The van der Waals surface area contributed by atoms with Gasteiger partial charge in [0.1, 0.15) is 6.54 Å². The lowest BCUT2D eigenvalue weighted by molar-refractivity contribution is -0.134. The summed E-state index contributed by atoms with van der Waals surface area (Å²) in [5.74, 6) is 1.45. The van der Waals surface area contributed by atoms with Gasteiger partial charge in [-0.25, -0.2) is 13.9 Å². The lowest BCUT2D eigenvalue weighted by Gasteiger charge is -2.34. The van der Waals surface area contributed by atoms with Crippen LogP contribution in [-0.4, -0.2) is 56.4 Å². The monoisotopic (exact) mass is 385 g/mol. The third-order valence-corrected chi connectivity index (χ3v) is 5.50. The number of aromatic nitrogens is 4. The highest BCUT2D eigenvalue weighted by atomic mass is 16.5. The summed E-state index contributed by atoms with van der Waals surface area (Å²) < 4.78 is 10.0. The van der Waals surface area contributed by atoms with E-state index in [1.54, 1.807) is 11.5 Å². The normalized spacial score (nSPS) is 20.3. The van der Waals surface area contributed by atoms with E-state index in [1.807, 2.05) is 33.7 Å². The van der Waals surface area contributed by atoms with Crippen LogP contribution in [0.25, 0.3) is 16.8 Å². The molecule has 1 fully saturated rings. The molecule has 3 heterocycles. The number of para-hydroxylation sites is 2. The summed E-state index contributed by atoms with van der Waals surface area (Å²) in [4.78, 5) is 27.7. The lowest BCUT2D eigenvalue weighted by atomic mass is 9.92. The maximum Gasteiger partial charge on any atom is 0.352 e. The molecule has 1 amide bonds. The minimum absolute atomic E-state index is 0.0292. The van der Waals surface area contributed by atoms with E-state index in [9.17, 15) is 9.59 Å². The summed E-state index contributed by atoms with van der Waals surface area (Å²) >= 11 is 0. The number of fused-ring (bicyclic) bond motifs is 3. The van der Waals surface area contributed by atoms with Gasteiger partial charge in [-0.3, -0.25) is 4.79 Å². The van der Waals surface area contributed by atoms with Gasteiger partial charge in [-0.05, 0) is 30.4 Å². The Morgan fingerprint density at radius 2 is 1.86 bits per heavy atom. The summed E-state index contributed by atoms with van der Waals surface area (Å²) in [6.45, 7) is 6.88. The summed E-state index contributed by atoms with van der Waals surface area (Å²) in [6, 6.07) is 7.69. The van der Waals surface area contributed by atoms with Crippen LogP contribution in [0.15, 0.2) is 29.1 Å². The smallest absolute Gasteiger partial charge is 0.352 e. The number of benzene rings is 1. The Kier molecular flexibility index (Phi) is 4.97. The summed E-state index contributed by atoms with van der Waals surface area (Å²) in [7, 11) is 1.65. The van der Waals surface area contributed by atoms with E-state index < -0.39 is 0 Å². The first-order valence-electron chi connectivity index (χ1n) is 9.83. The minimum Gasteiger partial charge on any atom is -0.383 e. The van der Waals surface area contributed by atoms with E-state index in [2.05, 4.69) is 18.9 Å². The molecule has 1 aliphatic heterocycles. The number of imidazole rings is 1. The van der Waals surface area contributed by atoms with E-state index in [1.165, 1.54) is 4.68 Å². The van der Waals surface area contributed by atoms with Crippen LogP contribution in [-0.2, 0) is 22.6 Å². The maximum atomic E-state index is 13.0. The zero-order valence-electron chi connectivity index (χ0n) is 16.7. The highest BCUT2D eigenvalue weighted by Gasteiger charge is 2.27. The van der Waals surface area contributed by atoms with Gasteiger partial charge in [-0.1, -0.05) is 26.0 Å². The molecule has 2 atom stereocenters. The zero-order chi connectivity index (χ0) is 19.8. The number of likely N-dealkylation sites (tertiary alicyclic amines) is 1. The van der Waals surface area contributed by atoms with Gasteiger partial charge in [-0.15, -0.1) is 5.10 Å². The number of hydrogen-bond acceptors (Lipinski definition) is 4. The van der Waals surface area contributed by atoms with Crippen molar-refractivity contribution in [1.82, 2.24) is 23.6 Å². The summed E-state index contributed by atoms with van der Waals surface area (Å²) in [5, 5.41) is 4.50. The number of amides is 1. The molecule has 1 aromatic carbocycles. The molecule has 0 N–H and O–H groups in total. The molecule has 0 spiro atoms. The predicted octanol–water partition coefficient (Wildman–Crippen LogP) is 1.60. The number of ether oxygens (including phenoxy) is 1. The molecule has 8 heteroatoms. The summed E-state index contributed by atoms with van der Waals surface area (Å²) in [6.07, 6.45) is 1.13. The molecule has 3 aromatic rings. The molecule has 1 saturated heterocycles. The number of piperidine rings is 1. The quantitative estimate of drug-likeness (QED) is 0.669. The van der Waals surface area contributed by atoms with Gasteiger partial charge < -0.3 is 14.2 Å². The first-order valence-corrected chi connectivity index (χ1v) is 9.83. The van der Waals surface area contributed by atoms with Crippen molar-refractivity contribution in [2.75, 3.05) is 26.8 Å². The standard InChI is InChI=1S/C20H27N5O3/c1-14-10-15(2)12-22(11-14)18(26)13-24-20(27)25-17-7-5-4-6-16(17)23(8-9-28-3)19(25)21-24/h4-7,14-15H,8-13H2,1-3H3/t14-,15-/m1/s1. The van der Waals surface area contributed by atoms with Crippen molar-refractivity contribution in [3.05, 3.63) is 34.7 Å². The molecule has 28 heavy (non-hydrogen) atoms. The molecule has 0 radical (unpaired) electrons. The maximum absolute atomic E-state index is 13.0. The molecular weight excluding hydrogens is 358 g/mol. The van der Waals surface area contributed by atoms with E-state index in [4.69, 9.17) is 4.74 Å². The first kappa shape index (κ1) is 18.7. The predicted molar refractivity (Wildman–Crippen MR) is 106 cm³/mol. The average molecular weight is 385 g/mol. The Balaban J connectivity index is 1.70. The zero-order valence-corrected chi connectivity index (χ0v) is 16.7. The summed E-state index contributed by atoms with van der Waals surface area (Å²) in [5.41, 5.74) is 1.43. The van der Waals surface area contributed by atoms with Crippen molar-refractivity contribution >= 4 is 22.7 Å². The second-order valence-corrected chi connectivity index (χ2v) is 7.95. The van der Waals surface area contributed by atoms with Crippen LogP contribution in [0.4, 0.5) is 0 Å². The van der Waals surface area contributed by atoms with Crippen LogP contribution in [0.5, 0.6) is 0 Å². The number of rotatable bonds is 5. The minimum atomic E-state index is -0.283. The van der Waals surface area contributed by atoms with Crippen molar-refractivity contribution in [2.24, 2.45) is 11.8 Å². The van der Waals surface area contributed by atoms with Gasteiger partial charge in [0, 0.05) is 26.7 Å². The molecule has 0 bridgehead atoms. The van der Waals surface area contributed by atoms with Crippen molar-refractivity contribution in [2.45, 2.75) is 33.4 Å². The van der Waals surface area contributed by atoms with E-state index >= 15 is 0 Å². The Bertz CT molecular complexity index is 1050. The molecule has 0 unspecified atom stereocenters. The third-order valence-electron chi connectivity index (χ3n) is 5.50. The topological polar surface area (TPSA) is 73.8 Å². The number of nitrogens with zero attached hydrogens (tertiary/aromatic N) is 5. The molecule has 8 nitrogen and oxygen atoms in total. The average Bonchev–Trinajstić information content (AvgIpc) is 3.14. The number of methoxy groups -OCH3 is 1. The molecule has 2 aromatic heterocycles. The number of carbonyl (C=O) groups is 1. The second-order valence-electron chi connectivity index (χ2n) is 7.95. The highest BCUT2D eigenvalue weighted by Crippen LogP contribution is 2.21. The van der Waals surface area contributed by atoms with Gasteiger partial charge in [-0.2, -0.15) is 0 Å². The Labute approximate surface area is 163 Å². The van der Waals surface area contributed by atoms with Crippen molar-refractivity contribution in [1.29, 1.82) is 0 Å². The molecule has 1 aliphatic rings. The highest BCUT2D eigenvalue weighted by molar-refractivity contribution is 5.81. The van der Waals surface area contributed by atoms with Gasteiger partial charge in [0.2, 0.25) is 11.7 Å². The van der Waals surface area contributed by atoms with E-state index in [0.29, 0.717) is 30.8 Å². The fraction of sp³-hybridized carbons (Fsp3) is 0.550. The SMILES string of the molecule is COCCn1c2ccccc2n2c(=O)n(CC(=O)N3C[C@H](C)C[C@@H](C)C3)nc12. The molecule has 4 rings (SSSR count). The fourth-order valence-electron chi connectivity index (χ4n) is 4.37. The molecular formula is C20H27N5O3. The van der Waals surface area contributed by atoms with Crippen LogP contribution in [0.1, 0.15) is 20.3 Å². The first-order chi connectivity index (χ1) is 13.5. The number of hydrogen-bond donors (Lipinski definition) is 0. The fourth-order valence-corrected chi connectivity index (χ4v) is 4.37. The Morgan fingerprint density at radius 3 is 2.54 bits per heavy atom. The van der Waals surface area contributed by atoms with E-state index in [-0.39, 0.29) is 18.1 Å². The van der Waals surface area contributed by atoms with Gasteiger partial charge in [0.05, 0.1) is 17.6 Å². The largest absolute Gasteiger partial charge is 0.383 e. The van der Waals surface area contributed by atoms with Crippen LogP contribution in [0, 0.1) is 11.8 Å². The van der Waals surface area contributed by atoms with Crippen LogP contribution in [0.2, 0.25) is 0 Å².